The summed E-state index contributed by atoms with van der Waals surface area (Å²) in [7, 11) is 0. The van der Waals surface area contributed by atoms with Crippen molar-refractivity contribution in [3.63, 3.8) is 0 Å². The van der Waals surface area contributed by atoms with E-state index in [2.05, 4.69) is 32.5 Å². The van der Waals surface area contributed by atoms with Gasteiger partial charge >= 0.3 is 0 Å². The first kappa shape index (κ1) is 16.1. The smallest absolute Gasteiger partial charge is 0.243 e. The molecule has 1 unspecified atom stereocenters. The molecule has 4 heterocycles. The van der Waals surface area contributed by atoms with Crippen LogP contribution in [0.2, 0.25) is 0 Å². The van der Waals surface area contributed by atoms with Crippen molar-refractivity contribution in [1.29, 1.82) is 0 Å². The van der Waals surface area contributed by atoms with Gasteiger partial charge in [0, 0.05) is 6.54 Å². The van der Waals surface area contributed by atoms with Gasteiger partial charge in [0.25, 0.3) is 0 Å². The van der Waals surface area contributed by atoms with Crippen molar-refractivity contribution in [1.82, 2.24) is 15.3 Å². The van der Waals surface area contributed by atoms with Crippen LogP contribution in [0.4, 0.5) is 5.82 Å². The highest BCUT2D eigenvalue weighted by Crippen LogP contribution is 2.35. The summed E-state index contributed by atoms with van der Waals surface area (Å²) in [5.74, 6) is 2.40. The number of anilines is 1. The van der Waals surface area contributed by atoms with E-state index in [4.69, 9.17) is 4.42 Å². The van der Waals surface area contributed by atoms with Gasteiger partial charge in [-0.2, -0.15) is 0 Å². The molecule has 0 spiro atoms. The van der Waals surface area contributed by atoms with E-state index in [0.29, 0.717) is 6.54 Å². The van der Waals surface area contributed by atoms with Gasteiger partial charge < -0.3 is 14.6 Å². The SMILES string of the molecule is Cc1nc(N2CCCC2C(=O)NCc2ccco2)c2c(C)csc2n1. The normalized spacial score (nSPS) is 17.4. The van der Waals surface area contributed by atoms with Crippen molar-refractivity contribution in [2.75, 3.05) is 11.4 Å². The van der Waals surface area contributed by atoms with Crippen molar-refractivity contribution in [2.45, 2.75) is 39.3 Å². The third-order valence-corrected chi connectivity index (χ3v) is 5.54. The summed E-state index contributed by atoms with van der Waals surface area (Å²) in [4.78, 5) is 25.1. The maximum Gasteiger partial charge on any atom is 0.243 e. The Morgan fingerprint density at radius 3 is 3.12 bits per heavy atom. The van der Waals surface area contributed by atoms with Crippen LogP contribution in [0.3, 0.4) is 0 Å². The van der Waals surface area contributed by atoms with E-state index in [1.54, 1.807) is 17.6 Å². The quantitative estimate of drug-likeness (QED) is 0.777. The number of fused-ring (bicyclic) bond motifs is 1. The first-order chi connectivity index (χ1) is 12.1. The Morgan fingerprint density at radius 2 is 2.32 bits per heavy atom. The van der Waals surface area contributed by atoms with Crippen LogP contribution in [0.15, 0.2) is 28.2 Å². The molecule has 0 saturated carbocycles. The zero-order valence-corrected chi connectivity index (χ0v) is 15.1. The third kappa shape index (κ3) is 3.00. The molecule has 4 rings (SSSR count). The molecule has 1 saturated heterocycles. The Bertz CT molecular complexity index is 903. The highest BCUT2D eigenvalue weighted by atomic mass is 32.1. The van der Waals surface area contributed by atoms with Gasteiger partial charge in [0.2, 0.25) is 5.91 Å². The van der Waals surface area contributed by atoms with Gasteiger partial charge in [-0.3, -0.25) is 4.79 Å². The van der Waals surface area contributed by atoms with Crippen molar-refractivity contribution < 1.29 is 9.21 Å². The summed E-state index contributed by atoms with van der Waals surface area (Å²) in [5.41, 5.74) is 1.16. The maximum absolute atomic E-state index is 12.7. The number of nitrogens with zero attached hydrogens (tertiary/aromatic N) is 3. The third-order valence-electron chi connectivity index (χ3n) is 4.55. The van der Waals surface area contributed by atoms with Crippen molar-refractivity contribution in [3.8, 4) is 0 Å². The van der Waals surface area contributed by atoms with Crippen LogP contribution in [0.1, 0.15) is 30.0 Å². The van der Waals surface area contributed by atoms with Gasteiger partial charge in [-0.25, -0.2) is 9.97 Å². The molecular weight excluding hydrogens is 336 g/mol. The van der Waals surface area contributed by atoms with Crippen molar-refractivity contribution >= 4 is 33.3 Å². The van der Waals surface area contributed by atoms with Gasteiger partial charge in [0.1, 0.15) is 28.3 Å². The number of aromatic nitrogens is 2. The summed E-state index contributed by atoms with van der Waals surface area (Å²) in [6.07, 6.45) is 3.42. The predicted molar refractivity (Wildman–Crippen MR) is 97.8 cm³/mol. The summed E-state index contributed by atoms with van der Waals surface area (Å²) >= 11 is 1.63. The molecule has 1 N–H and O–H groups in total. The Labute approximate surface area is 149 Å². The lowest BCUT2D eigenvalue weighted by atomic mass is 10.2. The number of thiophene rings is 1. The van der Waals surface area contributed by atoms with Crippen LogP contribution in [-0.4, -0.2) is 28.5 Å². The highest BCUT2D eigenvalue weighted by Gasteiger charge is 2.33. The molecule has 6 nitrogen and oxygen atoms in total. The Morgan fingerprint density at radius 1 is 1.44 bits per heavy atom. The molecule has 3 aromatic rings. The van der Waals surface area contributed by atoms with E-state index in [1.165, 1.54) is 0 Å². The molecule has 1 amide bonds. The lowest BCUT2D eigenvalue weighted by Gasteiger charge is -2.26. The number of nitrogens with one attached hydrogen (secondary N) is 1. The molecule has 130 valence electrons. The molecule has 1 fully saturated rings. The molecule has 3 aromatic heterocycles. The summed E-state index contributed by atoms with van der Waals surface area (Å²) in [6.45, 7) is 5.22. The van der Waals surface area contributed by atoms with Crippen LogP contribution < -0.4 is 10.2 Å². The molecule has 0 bridgehead atoms. The minimum absolute atomic E-state index is 0.0196. The number of furan rings is 1. The first-order valence-corrected chi connectivity index (χ1v) is 9.30. The molecule has 1 atom stereocenters. The summed E-state index contributed by atoms with van der Waals surface area (Å²) in [6, 6.07) is 3.48. The largest absolute Gasteiger partial charge is 0.467 e. The minimum atomic E-state index is -0.202. The second-order valence-corrected chi connectivity index (χ2v) is 7.20. The fourth-order valence-electron chi connectivity index (χ4n) is 3.37. The van der Waals surface area contributed by atoms with Crippen molar-refractivity contribution in [2.24, 2.45) is 0 Å². The van der Waals surface area contributed by atoms with Crippen molar-refractivity contribution in [3.05, 3.63) is 40.9 Å². The second kappa shape index (κ2) is 6.48. The summed E-state index contributed by atoms with van der Waals surface area (Å²) in [5, 5.41) is 6.15. The van der Waals surface area contributed by atoms with E-state index in [0.717, 1.165) is 52.6 Å². The zero-order valence-electron chi connectivity index (χ0n) is 14.3. The molecule has 1 aliphatic heterocycles. The van der Waals surface area contributed by atoms with Crippen LogP contribution >= 0.6 is 11.3 Å². The number of rotatable bonds is 4. The Balaban J connectivity index is 1.61. The van der Waals surface area contributed by atoms with Crippen LogP contribution in [0.25, 0.3) is 10.2 Å². The van der Waals surface area contributed by atoms with E-state index in [-0.39, 0.29) is 11.9 Å². The van der Waals surface area contributed by atoms with Gasteiger partial charge in [-0.05, 0) is 49.8 Å². The Kier molecular flexibility index (Phi) is 4.17. The van der Waals surface area contributed by atoms with Gasteiger partial charge in [-0.15, -0.1) is 11.3 Å². The maximum atomic E-state index is 12.7. The number of hydrogen-bond donors (Lipinski definition) is 1. The van der Waals surface area contributed by atoms with Crippen LogP contribution in [0.5, 0.6) is 0 Å². The van der Waals surface area contributed by atoms with Crippen LogP contribution in [0, 0.1) is 13.8 Å². The van der Waals surface area contributed by atoms with Gasteiger partial charge in [0.15, 0.2) is 0 Å². The van der Waals surface area contributed by atoms with E-state index >= 15 is 0 Å². The number of amides is 1. The molecular formula is C18H20N4O2S. The predicted octanol–water partition coefficient (Wildman–Crippen LogP) is 3.19. The topological polar surface area (TPSA) is 71.3 Å². The van der Waals surface area contributed by atoms with E-state index in [1.807, 2.05) is 19.1 Å². The average molecular weight is 356 g/mol. The molecule has 7 heteroatoms. The number of carbonyl (C=O) groups is 1. The average Bonchev–Trinajstić information content (AvgIpc) is 3.33. The first-order valence-electron chi connectivity index (χ1n) is 8.42. The fraction of sp³-hybridized carbons (Fsp3) is 0.389. The minimum Gasteiger partial charge on any atom is -0.467 e. The highest BCUT2D eigenvalue weighted by molar-refractivity contribution is 7.17. The monoisotopic (exact) mass is 356 g/mol. The van der Waals surface area contributed by atoms with Crippen LogP contribution in [-0.2, 0) is 11.3 Å². The fourth-order valence-corrected chi connectivity index (χ4v) is 4.33. The standard InChI is InChI=1S/C18H20N4O2S/c1-11-10-25-18-15(11)16(20-12(2)21-18)22-7-3-6-14(22)17(23)19-9-13-5-4-8-24-13/h4-5,8,10,14H,3,6-7,9H2,1-2H3,(H,19,23). The molecule has 25 heavy (non-hydrogen) atoms. The molecule has 0 aromatic carbocycles. The van der Waals surface area contributed by atoms with Gasteiger partial charge in [0.05, 0.1) is 18.2 Å². The number of carbonyl (C=O) groups excluding carboxylic acids is 1. The molecule has 1 aliphatic rings. The lowest BCUT2D eigenvalue weighted by molar-refractivity contribution is -0.122. The Hall–Kier alpha value is -2.41. The second-order valence-electron chi connectivity index (χ2n) is 6.34. The molecule has 0 radical (unpaired) electrons. The lowest BCUT2D eigenvalue weighted by Crippen LogP contribution is -2.43. The number of hydrogen-bond acceptors (Lipinski definition) is 6. The van der Waals surface area contributed by atoms with E-state index in [9.17, 15) is 4.79 Å². The van der Waals surface area contributed by atoms with Gasteiger partial charge in [-0.1, -0.05) is 0 Å². The summed E-state index contributed by atoms with van der Waals surface area (Å²) < 4.78 is 5.29. The van der Waals surface area contributed by atoms with E-state index < -0.39 is 0 Å². The molecule has 0 aliphatic carbocycles. The number of aryl methyl sites for hydroxylation is 2. The zero-order chi connectivity index (χ0) is 17.4.